The van der Waals surface area contributed by atoms with Crippen molar-refractivity contribution in [3.63, 3.8) is 0 Å². The second-order valence-corrected chi connectivity index (χ2v) is 7.48. The fraction of sp³-hybridized carbons (Fsp3) is 0.200. The van der Waals surface area contributed by atoms with Crippen LogP contribution in [0, 0.1) is 6.92 Å². The molecule has 2 heterocycles. The van der Waals surface area contributed by atoms with Crippen molar-refractivity contribution in [1.82, 2.24) is 4.98 Å². The Morgan fingerprint density at radius 1 is 1.15 bits per heavy atom. The lowest BCUT2D eigenvalue weighted by atomic mass is 10.1. The molecular weight excluding hydrogens is 360 g/mol. The summed E-state index contributed by atoms with van der Waals surface area (Å²) in [5.41, 5.74) is 3.07. The Bertz CT molecular complexity index is 1060. The van der Waals surface area contributed by atoms with Crippen LogP contribution in [0.15, 0.2) is 53.6 Å². The van der Waals surface area contributed by atoms with Gasteiger partial charge in [0.1, 0.15) is 11.8 Å². The van der Waals surface area contributed by atoms with Crippen LogP contribution in [0.25, 0.3) is 10.2 Å². The number of para-hydroxylation sites is 2. The summed E-state index contributed by atoms with van der Waals surface area (Å²) in [6.45, 7) is 3.51. The fourth-order valence-electron chi connectivity index (χ4n) is 3.09. The van der Waals surface area contributed by atoms with Crippen LogP contribution in [-0.2, 0) is 9.59 Å². The molecule has 1 aromatic heterocycles. The number of amides is 1. The summed E-state index contributed by atoms with van der Waals surface area (Å²) in [6, 6.07) is 14.9. The molecule has 0 bridgehead atoms. The number of carbonyl (C=O) groups excluding carboxylic acids is 2. The molecule has 1 aliphatic heterocycles. The third-order valence-corrected chi connectivity index (χ3v) is 5.44. The molecule has 1 aliphatic rings. The number of aryl methyl sites for hydroxylation is 1. The maximum atomic E-state index is 12.7. The maximum Gasteiger partial charge on any atom is 0.273 e. The van der Waals surface area contributed by atoms with Crippen molar-refractivity contribution in [1.29, 1.82) is 0 Å². The van der Waals surface area contributed by atoms with Crippen molar-refractivity contribution in [3.8, 4) is 0 Å². The van der Waals surface area contributed by atoms with Crippen LogP contribution in [0.2, 0.25) is 0 Å². The number of ketones is 1. The highest BCUT2D eigenvalue weighted by Gasteiger charge is 2.34. The van der Waals surface area contributed by atoms with Gasteiger partial charge < -0.3 is 0 Å². The summed E-state index contributed by atoms with van der Waals surface area (Å²) in [5, 5.41) is 9.41. The van der Waals surface area contributed by atoms with Crippen LogP contribution in [0.1, 0.15) is 18.9 Å². The van der Waals surface area contributed by atoms with Crippen LogP contribution in [0.5, 0.6) is 0 Å². The van der Waals surface area contributed by atoms with E-state index in [1.54, 1.807) is 5.01 Å². The third kappa shape index (κ3) is 3.33. The predicted octanol–water partition coefficient (Wildman–Crippen LogP) is 3.77. The molecule has 1 unspecified atom stereocenters. The zero-order valence-corrected chi connectivity index (χ0v) is 15.8. The van der Waals surface area contributed by atoms with E-state index >= 15 is 0 Å². The topological polar surface area (TPSA) is 74.7 Å². The summed E-state index contributed by atoms with van der Waals surface area (Å²) >= 11 is 1.42. The zero-order chi connectivity index (χ0) is 19.0. The highest BCUT2D eigenvalue weighted by atomic mass is 32.1. The smallest absolute Gasteiger partial charge is 0.273 e. The number of hydrogen-bond donors (Lipinski definition) is 1. The van der Waals surface area contributed by atoms with Gasteiger partial charge in [0, 0.05) is 6.42 Å². The highest BCUT2D eigenvalue weighted by Crippen LogP contribution is 2.29. The van der Waals surface area contributed by atoms with Crippen LogP contribution < -0.4 is 10.3 Å². The SMILES string of the molecule is CC(=O)C1CC(C(=O)Nc2nc3c(C)cccc3s2)=NN1c1ccccc1. The van der Waals surface area contributed by atoms with Crippen molar-refractivity contribution in [3.05, 3.63) is 54.1 Å². The molecule has 0 saturated heterocycles. The fourth-order valence-corrected chi connectivity index (χ4v) is 4.03. The van der Waals surface area contributed by atoms with Crippen molar-refractivity contribution < 1.29 is 9.59 Å². The largest absolute Gasteiger partial charge is 0.298 e. The van der Waals surface area contributed by atoms with E-state index in [2.05, 4.69) is 15.4 Å². The lowest BCUT2D eigenvalue weighted by Gasteiger charge is -2.20. The number of aromatic nitrogens is 1. The molecule has 0 saturated carbocycles. The molecular formula is C20H18N4O2S. The van der Waals surface area contributed by atoms with E-state index in [9.17, 15) is 9.59 Å². The number of fused-ring (bicyclic) bond motifs is 1. The number of hydrogen-bond acceptors (Lipinski definition) is 6. The van der Waals surface area contributed by atoms with Gasteiger partial charge in [-0.15, -0.1) is 0 Å². The summed E-state index contributed by atoms with van der Waals surface area (Å²) in [5.74, 6) is -0.350. The van der Waals surface area contributed by atoms with E-state index in [4.69, 9.17) is 0 Å². The summed E-state index contributed by atoms with van der Waals surface area (Å²) in [4.78, 5) is 29.3. The third-order valence-electron chi connectivity index (χ3n) is 4.50. The van der Waals surface area contributed by atoms with E-state index in [0.29, 0.717) is 10.8 Å². The number of nitrogens with zero attached hydrogens (tertiary/aromatic N) is 3. The minimum atomic E-state index is -0.467. The molecule has 0 radical (unpaired) electrons. The van der Waals surface area contributed by atoms with Crippen molar-refractivity contribution in [2.45, 2.75) is 26.3 Å². The van der Waals surface area contributed by atoms with Gasteiger partial charge in [0.2, 0.25) is 0 Å². The molecule has 27 heavy (non-hydrogen) atoms. The minimum Gasteiger partial charge on any atom is -0.298 e. The molecule has 0 aliphatic carbocycles. The minimum absolute atomic E-state index is 0.0268. The Balaban J connectivity index is 1.59. The quantitative estimate of drug-likeness (QED) is 0.750. The standard InChI is InChI=1S/C20H18N4O2S/c1-12-7-6-10-17-18(12)21-20(27-17)22-19(26)15-11-16(13(2)25)24(23-15)14-8-4-3-5-9-14/h3-10,16H,11H2,1-2H3,(H,21,22,26). The monoisotopic (exact) mass is 378 g/mol. The molecule has 0 spiro atoms. The summed E-state index contributed by atoms with van der Waals surface area (Å²) in [6.07, 6.45) is 0.278. The van der Waals surface area contributed by atoms with E-state index in [-0.39, 0.29) is 18.1 Å². The number of hydrazone groups is 1. The highest BCUT2D eigenvalue weighted by molar-refractivity contribution is 7.22. The van der Waals surface area contributed by atoms with Crippen molar-refractivity contribution in [2.24, 2.45) is 5.10 Å². The molecule has 7 heteroatoms. The Labute approximate surface area is 160 Å². The van der Waals surface area contributed by atoms with Crippen LogP contribution in [0.4, 0.5) is 10.8 Å². The Morgan fingerprint density at radius 3 is 2.63 bits per heavy atom. The summed E-state index contributed by atoms with van der Waals surface area (Å²) < 4.78 is 1.02. The number of rotatable bonds is 4. The number of thiazole rings is 1. The van der Waals surface area contributed by atoms with Crippen LogP contribution in [-0.4, -0.2) is 28.4 Å². The van der Waals surface area contributed by atoms with Crippen LogP contribution in [0.3, 0.4) is 0 Å². The van der Waals surface area contributed by atoms with Crippen LogP contribution >= 0.6 is 11.3 Å². The van der Waals surface area contributed by atoms with E-state index in [1.165, 1.54) is 18.3 Å². The molecule has 0 fully saturated rings. The number of carbonyl (C=O) groups is 2. The lowest BCUT2D eigenvalue weighted by molar-refractivity contribution is -0.118. The van der Waals surface area contributed by atoms with Gasteiger partial charge in [-0.25, -0.2) is 4.98 Å². The Kier molecular flexibility index (Phi) is 4.45. The molecule has 2 aromatic carbocycles. The number of anilines is 2. The first-order valence-corrected chi connectivity index (χ1v) is 9.44. The number of Topliss-reactive ketones (excluding diaryl/α,β-unsaturated/α-hetero) is 1. The van der Waals surface area contributed by atoms with Gasteiger partial charge in [-0.3, -0.25) is 19.9 Å². The molecule has 1 atom stereocenters. The molecule has 6 nitrogen and oxygen atoms in total. The first kappa shape index (κ1) is 17.4. The van der Waals surface area contributed by atoms with Crippen molar-refractivity contribution >= 4 is 49.8 Å². The van der Waals surface area contributed by atoms with E-state index < -0.39 is 6.04 Å². The number of benzene rings is 2. The van der Waals surface area contributed by atoms with E-state index in [1.807, 2.05) is 55.5 Å². The zero-order valence-electron chi connectivity index (χ0n) is 15.0. The molecule has 4 rings (SSSR count). The van der Waals surface area contributed by atoms with Gasteiger partial charge in [-0.2, -0.15) is 5.10 Å². The first-order chi connectivity index (χ1) is 13.0. The summed E-state index contributed by atoms with van der Waals surface area (Å²) in [7, 11) is 0. The molecule has 1 amide bonds. The first-order valence-electron chi connectivity index (χ1n) is 8.62. The van der Waals surface area contributed by atoms with Gasteiger partial charge in [0.25, 0.3) is 5.91 Å². The Hall–Kier alpha value is -3.06. The maximum absolute atomic E-state index is 12.7. The predicted molar refractivity (Wildman–Crippen MR) is 108 cm³/mol. The Morgan fingerprint density at radius 2 is 1.93 bits per heavy atom. The van der Waals surface area contributed by atoms with Gasteiger partial charge in [0.15, 0.2) is 10.9 Å². The second-order valence-electron chi connectivity index (χ2n) is 6.45. The van der Waals surface area contributed by atoms with E-state index in [0.717, 1.165) is 21.5 Å². The normalized spacial score (nSPS) is 16.4. The average molecular weight is 378 g/mol. The molecule has 3 aromatic rings. The van der Waals surface area contributed by atoms with Gasteiger partial charge in [0.05, 0.1) is 15.9 Å². The average Bonchev–Trinajstić information content (AvgIpc) is 3.27. The second kappa shape index (κ2) is 6.92. The van der Waals surface area contributed by atoms with Gasteiger partial charge in [-0.1, -0.05) is 41.7 Å². The molecule has 136 valence electrons. The number of nitrogens with one attached hydrogen (secondary N) is 1. The lowest BCUT2D eigenvalue weighted by Crippen LogP contribution is -2.33. The van der Waals surface area contributed by atoms with Crippen molar-refractivity contribution in [2.75, 3.05) is 10.3 Å². The van der Waals surface area contributed by atoms with Gasteiger partial charge in [-0.05, 0) is 37.6 Å². The van der Waals surface area contributed by atoms with Gasteiger partial charge >= 0.3 is 0 Å². The molecule has 1 N–H and O–H groups in total.